The molecular formula is C27H29FN4O3S. The quantitative estimate of drug-likeness (QED) is 0.571. The molecule has 3 aliphatic rings. The van der Waals surface area contributed by atoms with Crippen LogP contribution < -0.4 is 5.32 Å². The van der Waals surface area contributed by atoms with E-state index < -0.39 is 9.84 Å². The lowest BCUT2D eigenvalue weighted by atomic mass is 9.68. The fourth-order valence-electron chi connectivity index (χ4n) is 5.70. The standard InChI is InChI=1S/C27H29FN4O3S/c28-21-6-8-22(9-7-21)32-25-16-20-10-11-29-18-27(20,19-31-12-14-35-15-13-31)17-24(25)26(30-32)36(33,34)23-4-2-1-3-5-23/h1-9,16,29H,10-15,17-19H2. The summed E-state index contributed by atoms with van der Waals surface area (Å²) in [5.41, 5.74) is 3.22. The molecule has 36 heavy (non-hydrogen) atoms. The molecule has 3 heterocycles. The Morgan fingerprint density at radius 1 is 1.06 bits per heavy atom. The van der Waals surface area contributed by atoms with Gasteiger partial charge in [-0.2, -0.15) is 5.10 Å². The lowest BCUT2D eigenvalue weighted by Crippen LogP contribution is -2.53. The van der Waals surface area contributed by atoms with Crippen molar-refractivity contribution in [2.45, 2.75) is 22.8 Å². The van der Waals surface area contributed by atoms with E-state index >= 15 is 0 Å². The number of piperidine rings is 1. The van der Waals surface area contributed by atoms with Crippen LogP contribution in [0.3, 0.4) is 0 Å². The number of morpholine rings is 1. The maximum absolute atomic E-state index is 13.9. The number of sulfone groups is 1. The molecule has 0 saturated carbocycles. The van der Waals surface area contributed by atoms with Gasteiger partial charge >= 0.3 is 0 Å². The van der Waals surface area contributed by atoms with E-state index in [1.54, 1.807) is 47.1 Å². The van der Waals surface area contributed by atoms with Gasteiger partial charge in [-0.25, -0.2) is 17.5 Å². The number of hydrogen-bond donors (Lipinski definition) is 1. The number of benzene rings is 2. The zero-order valence-electron chi connectivity index (χ0n) is 20.0. The first-order valence-corrected chi connectivity index (χ1v) is 13.8. The smallest absolute Gasteiger partial charge is 0.225 e. The maximum atomic E-state index is 13.9. The van der Waals surface area contributed by atoms with Crippen LogP contribution in [-0.2, 0) is 21.0 Å². The highest BCUT2D eigenvalue weighted by molar-refractivity contribution is 7.91. The molecule has 3 aromatic rings. The summed E-state index contributed by atoms with van der Waals surface area (Å²) in [6.07, 6.45) is 3.60. The van der Waals surface area contributed by atoms with Crippen LogP contribution in [0.2, 0.25) is 0 Å². The van der Waals surface area contributed by atoms with Crippen LogP contribution in [0, 0.1) is 11.2 Å². The minimum absolute atomic E-state index is 0.0789. The fraction of sp³-hybridized carbons (Fsp3) is 0.370. The number of nitrogens with one attached hydrogen (secondary N) is 1. The summed E-state index contributed by atoms with van der Waals surface area (Å²) in [7, 11) is -3.86. The molecule has 2 saturated heterocycles. The number of rotatable bonds is 5. The molecule has 6 rings (SSSR count). The summed E-state index contributed by atoms with van der Waals surface area (Å²) < 4.78 is 48.6. The van der Waals surface area contributed by atoms with Crippen molar-refractivity contribution in [3.8, 4) is 5.69 Å². The van der Waals surface area contributed by atoms with Crippen molar-refractivity contribution in [2.24, 2.45) is 5.41 Å². The topological polar surface area (TPSA) is 76.5 Å². The average Bonchev–Trinajstić information content (AvgIpc) is 3.27. The van der Waals surface area contributed by atoms with Gasteiger partial charge in [0, 0.05) is 37.2 Å². The van der Waals surface area contributed by atoms with Crippen molar-refractivity contribution < 1.29 is 17.5 Å². The summed E-state index contributed by atoms with van der Waals surface area (Å²) in [4.78, 5) is 2.64. The van der Waals surface area contributed by atoms with Gasteiger partial charge in [-0.05, 0) is 61.9 Å². The van der Waals surface area contributed by atoms with Crippen molar-refractivity contribution >= 4 is 15.9 Å². The maximum Gasteiger partial charge on any atom is 0.225 e. The van der Waals surface area contributed by atoms with Gasteiger partial charge in [-0.15, -0.1) is 0 Å². The molecule has 1 atom stereocenters. The second-order valence-corrected chi connectivity index (χ2v) is 11.7. The number of hydrogen-bond acceptors (Lipinski definition) is 6. The van der Waals surface area contributed by atoms with E-state index in [9.17, 15) is 12.8 Å². The fourth-order valence-corrected chi connectivity index (χ4v) is 7.13. The third kappa shape index (κ3) is 4.10. The first kappa shape index (κ1) is 23.5. The molecule has 0 amide bonds. The van der Waals surface area contributed by atoms with Gasteiger partial charge in [-0.3, -0.25) is 4.90 Å². The normalized spacial score (nSPS) is 22.5. The predicted molar refractivity (Wildman–Crippen MR) is 134 cm³/mol. The summed E-state index contributed by atoms with van der Waals surface area (Å²) in [6.45, 7) is 5.65. The lowest BCUT2D eigenvalue weighted by Gasteiger charge is -2.46. The Morgan fingerprint density at radius 3 is 2.56 bits per heavy atom. The zero-order chi connectivity index (χ0) is 24.8. The predicted octanol–water partition coefficient (Wildman–Crippen LogP) is 3.10. The Bertz CT molecular complexity index is 1400. The van der Waals surface area contributed by atoms with Gasteiger partial charge in [0.25, 0.3) is 0 Å². The molecule has 0 bridgehead atoms. The number of halogens is 1. The Labute approximate surface area is 210 Å². The van der Waals surface area contributed by atoms with E-state index in [-0.39, 0.29) is 21.2 Å². The van der Waals surface area contributed by atoms with E-state index in [2.05, 4.69) is 21.4 Å². The van der Waals surface area contributed by atoms with Gasteiger partial charge in [-0.1, -0.05) is 23.8 Å². The lowest BCUT2D eigenvalue weighted by molar-refractivity contribution is 0.0192. The van der Waals surface area contributed by atoms with Gasteiger partial charge < -0.3 is 10.1 Å². The molecule has 1 N–H and O–H groups in total. The molecule has 1 aliphatic carbocycles. The van der Waals surface area contributed by atoms with Crippen LogP contribution in [0.1, 0.15) is 17.7 Å². The first-order chi connectivity index (χ1) is 17.5. The Balaban J connectivity index is 1.52. The van der Waals surface area contributed by atoms with Crippen LogP contribution >= 0.6 is 0 Å². The molecular weight excluding hydrogens is 479 g/mol. The van der Waals surface area contributed by atoms with Crippen molar-refractivity contribution in [1.82, 2.24) is 20.0 Å². The molecule has 1 aromatic heterocycles. The van der Waals surface area contributed by atoms with E-state index in [4.69, 9.17) is 4.74 Å². The summed E-state index contributed by atoms with van der Waals surface area (Å²) in [6, 6.07) is 14.5. The van der Waals surface area contributed by atoms with Gasteiger partial charge in [0.2, 0.25) is 9.84 Å². The largest absolute Gasteiger partial charge is 0.379 e. The highest BCUT2D eigenvalue weighted by atomic mass is 32.2. The van der Waals surface area contributed by atoms with E-state index in [1.165, 1.54) is 17.7 Å². The van der Waals surface area contributed by atoms with Crippen LogP contribution in [-0.4, -0.2) is 69.0 Å². The molecule has 2 fully saturated rings. The molecule has 7 nitrogen and oxygen atoms in total. The highest BCUT2D eigenvalue weighted by Crippen LogP contribution is 2.45. The Morgan fingerprint density at radius 2 is 1.81 bits per heavy atom. The van der Waals surface area contributed by atoms with Crippen molar-refractivity contribution in [3.63, 3.8) is 0 Å². The van der Waals surface area contributed by atoms with E-state index in [1.807, 2.05) is 0 Å². The zero-order valence-corrected chi connectivity index (χ0v) is 20.8. The molecule has 1 unspecified atom stereocenters. The van der Waals surface area contributed by atoms with Crippen molar-refractivity contribution in [1.29, 1.82) is 0 Å². The Kier molecular flexibility index (Phi) is 6.03. The number of nitrogens with zero attached hydrogens (tertiary/aromatic N) is 3. The van der Waals surface area contributed by atoms with Crippen LogP contribution in [0.4, 0.5) is 4.39 Å². The van der Waals surface area contributed by atoms with Gasteiger partial charge in [0.1, 0.15) is 5.82 Å². The minimum atomic E-state index is -3.86. The molecule has 0 radical (unpaired) electrons. The second kappa shape index (κ2) is 9.23. The summed E-state index contributed by atoms with van der Waals surface area (Å²) >= 11 is 0. The average molecular weight is 509 g/mol. The van der Waals surface area contributed by atoms with E-state index in [0.717, 1.165) is 50.4 Å². The van der Waals surface area contributed by atoms with E-state index in [0.29, 0.717) is 25.3 Å². The number of ether oxygens (including phenoxy) is 1. The molecule has 2 aliphatic heterocycles. The SMILES string of the molecule is O=S(=O)(c1ccccc1)c1nn(-c2ccc(F)cc2)c2c1CC1(CN3CCOCC3)CNCCC1=C2. The van der Waals surface area contributed by atoms with Crippen LogP contribution in [0.15, 0.2) is 70.1 Å². The van der Waals surface area contributed by atoms with Crippen molar-refractivity contribution in [2.75, 3.05) is 45.9 Å². The molecule has 2 aromatic carbocycles. The van der Waals surface area contributed by atoms with Crippen LogP contribution in [0.5, 0.6) is 0 Å². The Hall–Kier alpha value is -2.85. The van der Waals surface area contributed by atoms with Gasteiger partial charge in [0.05, 0.1) is 29.5 Å². The van der Waals surface area contributed by atoms with Crippen molar-refractivity contribution in [3.05, 3.63) is 77.2 Å². The van der Waals surface area contributed by atoms with Gasteiger partial charge in [0.15, 0.2) is 5.03 Å². The first-order valence-electron chi connectivity index (χ1n) is 12.4. The van der Waals surface area contributed by atoms with Crippen LogP contribution in [0.25, 0.3) is 11.8 Å². The second-order valence-electron chi connectivity index (χ2n) is 9.82. The summed E-state index contributed by atoms with van der Waals surface area (Å²) in [5.74, 6) is -0.349. The third-order valence-corrected chi connectivity index (χ3v) is 9.27. The molecule has 188 valence electrons. The highest BCUT2D eigenvalue weighted by Gasteiger charge is 2.44. The number of aromatic nitrogens is 2. The third-order valence-electron chi connectivity index (χ3n) is 7.54. The summed E-state index contributed by atoms with van der Waals surface area (Å²) in [5, 5.41) is 8.32. The minimum Gasteiger partial charge on any atom is -0.379 e. The molecule has 9 heteroatoms. The monoisotopic (exact) mass is 508 g/mol. The number of fused-ring (bicyclic) bond motifs is 2. The molecule has 0 spiro atoms.